The van der Waals surface area contributed by atoms with Gasteiger partial charge in [-0.2, -0.15) is 0 Å². The lowest BCUT2D eigenvalue weighted by atomic mass is 10.1. The SMILES string of the molecule is Cc1ccc(NC(=O)c2ccccc2Br)cc1-n1cnnn1. The molecule has 0 radical (unpaired) electrons. The van der Waals surface area contributed by atoms with E-state index in [1.807, 2.05) is 43.3 Å². The molecule has 1 aromatic heterocycles. The Hall–Kier alpha value is -2.54. The molecule has 0 aliphatic rings. The summed E-state index contributed by atoms with van der Waals surface area (Å²) in [5.41, 5.74) is 3.07. The van der Waals surface area contributed by atoms with Crippen LogP contribution >= 0.6 is 15.9 Å². The molecule has 3 aromatic rings. The van der Waals surface area contributed by atoms with E-state index in [0.717, 1.165) is 15.7 Å². The summed E-state index contributed by atoms with van der Waals surface area (Å²) in [6.45, 7) is 1.95. The highest BCUT2D eigenvalue weighted by molar-refractivity contribution is 9.10. The highest BCUT2D eigenvalue weighted by atomic mass is 79.9. The maximum atomic E-state index is 12.3. The minimum absolute atomic E-state index is 0.181. The van der Waals surface area contributed by atoms with E-state index in [9.17, 15) is 4.79 Å². The van der Waals surface area contributed by atoms with Gasteiger partial charge in [0.15, 0.2) is 0 Å². The third kappa shape index (κ3) is 2.89. The molecule has 0 fully saturated rings. The second kappa shape index (κ2) is 6.07. The van der Waals surface area contributed by atoms with Crippen molar-refractivity contribution in [1.82, 2.24) is 20.2 Å². The number of amides is 1. The van der Waals surface area contributed by atoms with Crippen LogP contribution in [0.25, 0.3) is 5.69 Å². The Kier molecular flexibility index (Phi) is 3.97. The van der Waals surface area contributed by atoms with E-state index < -0.39 is 0 Å². The zero-order valence-electron chi connectivity index (χ0n) is 11.7. The molecule has 1 heterocycles. The molecular weight excluding hydrogens is 346 g/mol. The summed E-state index contributed by atoms with van der Waals surface area (Å²) in [6.07, 6.45) is 1.52. The summed E-state index contributed by atoms with van der Waals surface area (Å²) in [6, 6.07) is 12.9. The third-order valence-corrected chi connectivity index (χ3v) is 3.87. The van der Waals surface area contributed by atoms with Crippen LogP contribution in [-0.2, 0) is 0 Å². The molecule has 0 saturated carbocycles. The Balaban J connectivity index is 1.89. The second-order valence-corrected chi connectivity index (χ2v) is 5.54. The van der Waals surface area contributed by atoms with Gasteiger partial charge in [0.25, 0.3) is 5.91 Å². The Morgan fingerprint density at radius 2 is 2.05 bits per heavy atom. The standard InChI is InChI=1S/C15H12BrN5O/c1-10-6-7-11(8-14(10)21-9-17-19-20-21)18-15(22)12-4-2-3-5-13(12)16/h2-9H,1H3,(H,18,22). The molecule has 3 rings (SSSR count). The second-order valence-electron chi connectivity index (χ2n) is 4.69. The summed E-state index contributed by atoms with van der Waals surface area (Å²) in [4.78, 5) is 12.3. The van der Waals surface area contributed by atoms with Crippen molar-refractivity contribution in [2.24, 2.45) is 0 Å². The fourth-order valence-electron chi connectivity index (χ4n) is 2.05. The van der Waals surface area contributed by atoms with Gasteiger partial charge in [-0.1, -0.05) is 18.2 Å². The first kappa shape index (κ1) is 14.4. The van der Waals surface area contributed by atoms with Gasteiger partial charge >= 0.3 is 0 Å². The van der Waals surface area contributed by atoms with Crippen LogP contribution in [0.3, 0.4) is 0 Å². The molecule has 2 aromatic carbocycles. The smallest absolute Gasteiger partial charge is 0.256 e. The predicted molar refractivity (Wildman–Crippen MR) is 86.0 cm³/mol. The number of hydrogen-bond donors (Lipinski definition) is 1. The number of rotatable bonds is 3. The number of carbonyl (C=O) groups excluding carboxylic acids is 1. The number of halogens is 1. The zero-order chi connectivity index (χ0) is 15.5. The van der Waals surface area contributed by atoms with Gasteiger partial charge < -0.3 is 5.32 Å². The van der Waals surface area contributed by atoms with Gasteiger partial charge in [-0.15, -0.1) is 5.10 Å². The summed E-state index contributed by atoms with van der Waals surface area (Å²) in [5.74, 6) is -0.181. The minimum Gasteiger partial charge on any atom is -0.322 e. The lowest BCUT2D eigenvalue weighted by Gasteiger charge is -2.10. The van der Waals surface area contributed by atoms with Crippen molar-refractivity contribution in [3.05, 3.63) is 64.4 Å². The Bertz CT molecular complexity index is 817. The molecule has 0 unspecified atom stereocenters. The molecule has 7 heteroatoms. The van der Waals surface area contributed by atoms with Crippen molar-refractivity contribution in [2.75, 3.05) is 5.32 Å². The molecule has 1 amide bonds. The van der Waals surface area contributed by atoms with E-state index >= 15 is 0 Å². The molecule has 0 saturated heterocycles. The van der Waals surface area contributed by atoms with Crippen molar-refractivity contribution in [1.29, 1.82) is 0 Å². The largest absolute Gasteiger partial charge is 0.322 e. The van der Waals surface area contributed by atoms with Gasteiger partial charge in [-0.25, -0.2) is 4.68 Å². The quantitative estimate of drug-likeness (QED) is 0.781. The van der Waals surface area contributed by atoms with Crippen molar-refractivity contribution < 1.29 is 4.79 Å². The number of aromatic nitrogens is 4. The fraction of sp³-hybridized carbons (Fsp3) is 0.0667. The lowest BCUT2D eigenvalue weighted by Crippen LogP contribution is -2.13. The summed E-state index contributed by atoms with van der Waals surface area (Å²) in [5, 5.41) is 14.0. The number of carbonyl (C=O) groups is 1. The van der Waals surface area contributed by atoms with Crippen LogP contribution in [0.5, 0.6) is 0 Å². The minimum atomic E-state index is -0.181. The van der Waals surface area contributed by atoms with Crippen molar-refractivity contribution >= 4 is 27.5 Å². The van der Waals surface area contributed by atoms with Gasteiger partial charge in [-0.05, 0) is 63.1 Å². The monoisotopic (exact) mass is 357 g/mol. The molecule has 0 bridgehead atoms. The summed E-state index contributed by atoms with van der Waals surface area (Å²) >= 11 is 3.38. The van der Waals surface area contributed by atoms with Crippen LogP contribution in [0, 0.1) is 6.92 Å². The van der Waals surface area contributed by atoms with Gasteiger partial charge in [0, 0.05) is 10.2 Å². The number of benzene rings is 2. The van der Waals surface area contributed by atoms with Crippen LogP contribution < -0.4 is 5.32 Å². The molecular formula is C15H12BrN5O. The fourth-order valence-corrected chi connectivity index (χ4v) is 2.51. The van der Waals surface area contributed by atoms with E-state index in [2.05, 4.69) is 36.8 Å². The number of nitrogens with one attached hydrogen (secondary N) is 1. The topological polar surface area (TPSA) is 72.7 Å². The van der Waals surface area contributed by atoms with Crippen LogP contribution in [0.15, 0.2) is 53.3 Å². The Labute approximate surface area is 135 Å². The van der Waals surface area contributed by atoms with Gasteiger partial charge in [0.2, 0.25) is 0 Å². The first-order valence-electron chi connectivity index (χ1n) is 6.55. The molecule has 22 heavy (non-hydrogen) atoms. The number of nitrogens with zero attached hydrogens (tertiary/aromatic N) is 4. The number of hydrogen-bond acceptors (Lipinski definition) is 4. The predicted octanol–water partition coefficient (Wildman–Crippen LogP) is 2.99. The molecule has 0 atom stereocenters. The third-order valence-electron chi connectivity index (χ3n) is 3.18. The molecule has 6 nitrogen and oxygen atoms in total. The first-order chi connectivity index (χ1) is 10.6. The van der Waals surface area contributed by atoms with Crippen molar-refractivity contribution in [3.8, 4) is 5.69 Å². The van der Waals surface area contributed by atoms with E-state index in [-0.39, 0.29) is 5.91 Å². The lowest BCUT2D eigenvalue weighted by molar-refractivity contribution is 0.102. The molecule has 1 N–H and O–H groups in total. The van der Waals surface area contributed by atoms with Gasteiger partial charge in [0.05, 0.1) is 11.3 Å². The van der Waals surface area contributed by atoms with E-state index in [1.54, 1.807) is 10.7 Å². The first-order valence-corrected chi connectivity index (χ1v) is 7.34. The summed E-state index contributed by atoms with van der Waals surface area (Å²) < 4.78 is 2.31. The van der Waals surface area contributed by atoms with Crippen molar-refractivity contribution in [3.63, 3.8) is 0 Å². The maximum Gasteiger partial charge on any atom is 0.256 e. The van der Waals surface area contributed by atoms with Crippen LogP contribution in [-0.4, -0.2) is 26.1 Å². The number of tetrazole rings is 1. The summed E-state index contributed by atoms with van der Waals surface area (Å²) in [7, 11) is 0. The zero-order valence-corrected chi connectivity index (χ0v) is 13.3. The average Bonchev–Trinajstić information content (AvgIpc) is 3.03. The normalized spacial score (nSPS) is 10.5. The van der Waals surface area contributed by atoms with Crippen LogP contribution in [0.2, 0.25) is 0 Å². The van der Waals surface area contributed by atoms with Crippen molar-refractivity contribution in [2.45, 2.75) is 6.92 Å². The highest BCUT2D eigenvalue weighted by Gasteiger charge is 2.11. The van der Waals surface area contributed by atoms with Crippen LogP contribution in [0.4, 0.5) is 5.69 Å². The molecule has 110 valence electrons. The maximum absolute atomic E-state index is 12.3. The molecule has 0 spiro atoms. The number of aryl methyl sites for hydroxylation is 1. The van der Waals surface area contributed by atoms with Crippen LogP contribution in [0.1, 0.15) is 15.9 Å². The Morgan fingerprint density at radius 1 is 1.23 bits per heavy atom. The number of anilines is 1. The average molecular weight is 358 g/mol. The molecule has 0 aliphatic carbocycles. The van der Waals surface area contributed by atoms with Gasteiger partial charge in [-0.3, -0.25) is 4.79 Å². The molecule has 0 aliphatic heterocycles. The van der Waals surface area contributed by atoms with Gasteiger partial charge in [0.1, 0.15) is 6.33 Å². The van der Waals surface area contributed by atoms with E-state index in [1.165, 1.54) is 6.33 Å². The Morgan fingerprint density at radius 3 is 2.77 bits per heavy atom. The van der Waals surface area contributed by atoms with E-state index in [0.29, 0.717) is 11.3 Å². The highest BCUT2D eigenvalue weighted by Crippen LogP contribution is 2.21. The van der Waals surface area contributed by atoms with E-state index in [4.69, 9.17) is 0 Å².